The highest BCUT2D eigenvalue weighted by atomic mass is 32.2. The predicted molar refractivity (Wildman–Crippen MR) is 143 cm³/mol. The average Bonchev–Trinajstić information content (AvgIpc) is 3.56. The monoisotopic (exact) mass is 510 g/mol. The van der Waals surface area contributed by atoms with E-state index in [0.717, 1.165) is 24.1 Å². The molecule has 3 aliphatic carbocycles. The Labute approximate surface area is 216 Å². The maximum Gasteiger partial charge on any atom is 0.258 e. The van der Waals surface area contributed by atoms with E-state index in [-0.39, 0.29) is 30.5 Å². The Morgan fingerprint density at radius 1 is 1.06 bits per heavy atom. The summed E-state index contributed by atoms with van der Waals surface area (Å²) in [4.78, 5) is 15.5. The molecule has 36 heavy (non-hydrogen) atoms. The summed E-state index contributed by atoms with van der Waals surface area (Å²) in [7, 11) is 2.32. The third-order valence-corrected chi connectivity index (χ3v) is 10.1. The van der Waals surface area contributed by atoms with E-state index in [4.69, 9.17) is 7.85 Å². The van der Waals surface area contributed by atoms with Gasteiger partial charge in [-0.25, -0.2) is 17.5 Å². The van der Waals surface area contributed by atoms with Gasteiger partial charge in [-0.3, -0.25) is 4.79 Å². The lowest BCUT2D eigenvalue weighted by atomic mass is 9.66. The standard InChI is InChI=1S/C26H28BFN2O3S.C2H6.H2/c27-18-4-5-23-22(13-18)26(10-8-25(6-7-25)9-11-26)16-30(23)24(31)17-2-1-3-21(12-17)34(32,33)29-20-14-19(28)15-20;1-2;/h1-5,12-13,19-20,29H,6-11,14-16H2;1-2H3;1H. The van der Waals surface area contributed by atoms with E-state index in [2.05, 4.69) is 4.72 Å². The Morgan fingerprint density at radius 2 is 1.72 bits per heavy atom. The molecule has 3 fully saturated rings. The molecular weight excluding hydrogens is 474 g/mol. The van der Waals surface area contributed by atoms with Gasteiger partial charge >= 0.3 is 0 Å². The minimum atomic E-state index is -3.83. The van der Waals surface area contributed by atoms with E-state index in [1.54, 1.807) is 17.0 Å². The molecule has 1 N–H and O–H groups in total. The van der Waals surface area contributed by atoms with Gasteiger partial charge in [-0.05, 0) is 86.6 Å². The lowest BCUT2D eigenvalue weighted by Gasteiger charge is -2.38. The van der Waals surface area contributed by atoms with Crippen LogP contribution < -0.4 is 15.1 Å². The lowest BCUT2D eigenvalue weighted by molar-refractivity contribution is 0.0980. The first-order valence-corrected chi connectivity index (χ1v) is 14.7. The van der Waals surface area contributed by atoms with Gasteiger partial charge in [0.1, 0.15) is 14.0 Å². The van der Waals surface area contributed by atoms with Gasteiger partial charge in [-0.2, -0.15) is 0 Å². The normalized spacial score (nSPS) is 25.0. The number of hydrogen-bond donors (Lipinski definition) is 1. The van der Waals surface area contributed by atoms with Crippen LogP contribution in [0.1, 0.15) is 82.6 Å². The summed E-state index contributed by atoms with van der Waals surface area (Å²) in [6.07, 6.45) is 6.52. The number of carbonyl (C=O) groups excluding carboxylic acids is 1. The second-order valence-electron chi connectivity index (χ2n) is 10.9. The summed E-state index contributed by atoms with van der Waals surface area (Å²) in [5, 5.41) is 0. The first-order chi connectivity index (χ1) is 17.2. The molecule has 5 nitrogen and oxygen atoms in total. The number of sulfonamides is 1. The van der Waals surface area contributed by atoms with Crippen LogP contribution in [0.2, 0.25) is 0 Å². The number of rotatable bonds is 4. The minimum Gasteiger partial charge on any atom is -0.307 e. The minimum absolute atomic E-state index is 0. The molecular formula is C28H36BFN2O3S. The van der Waals surface area contributed by atoms with Crippen LogP contribution in [0.25, 0.3) is 0 Å². The fourth-order valence-corrected chi connectivity index (χ4v) is 7.42. The Balaban J connectivity index is 0.00000104. The Bertz CT molecular complexity index is 1270. The number of nitrogens with zero attached hydrogens (tertiary/aromatic N) is 1. The van der Waals surface area contributed by atoms with Gasteiger partial charge in [0.25, 0.3) is 5.91 Å². The van der Waals surface area contributed by atoms with Crippen molar-refractivity contribution in [3.8, 4) is 0 Å². The number of halogens is 1. The number of amides is 1. The third-order valence-electron chi connectivity index (χ3n) is 8.61. The lowest BCUT2D eigenvalue weighted by Crippen LogP contribution is -2.45. The van der Waals surface area contributed by atoms with Crippen molar-refractivity contribution in [1.29, 1.82) is 0 Å². The largest absolute Gasteiger partial charge is 0.307 e. The fourth-order valence-electron chi connectivity index (χ4n) is 6.12. The summed E-state index contributed by atoms with van der Waals surface area (Å²) in [5.74, 6) is -0.209. The summed E-state index contributed by atoms with van der Waals surface area (Å²) in [5.41, 5.74) is 3.49. The van der Waals surface area contributed by atoms with Gasteiger partial charge in [0.2, 0.25) is 10.0 Å². The van der Waals surface area contributed by atoms with Crippen LogP contribution in [0.15, 0.2) is 47.4 Å². The average molecular weight is 510 g/mol. The van der Waals surface area contributed by atoms with E-state index in [0.29, 0.717) is 23.0 Å². The molecule has 0 saturated heterocycles. The molecule has 1 heterocycles. The number of fused-ring (bicyclic) bond motifs is 2. The van der Waals surface area contributed by atoms with Crippen LogP contribution in [0.4, 0.5) is 10.1 Å². The van der Waals surface area contributed by atoms with E-state index < -0.39 is 22.2 Å². The second kappa shape index (κ2) is 9.28. The SMILES string of the molecule is CC.[B]c1ccc2c(c1)C1(CCC3(CC3)CC1)CN2C(=O)c1cccc(S(=O)(=O)NC2CC(F)C2)c1.[HH]. The molecule has 2 spiro atoms. The van der Waals surface area contributed by atoms with Crippen LogP contribution in [-0.4, -0.2) is 40.9 Å². The molecule has 192 valence electrons. The predicted octanol–water partition coefficient (Wildman–Crippen LogP) is 4.78. The maximum atomic E-state index is 13.7. The van der Waals surface area contributed by atoms with Crippen LogP contribution in [0.3, 0.4) is 0 Å². The van der Waals surface area contributed by atoms with Gasteiger partial charge in [-0.1, -0.05) is 37.5 Å². The molecule has 1 aliphatic heterocycles. The number of anilines is 1. The Morgan fingerprint density at radius 3 is 2.36 bits per heavy atom. The van der Waals surface area contributed by atoms with Gasteiger partial charge in [0.05, 0.1) is 4.90 Å². The van der Waals surface area contributed by atoms with Crippen molar-refractivity contribution in [2.24, 2.45) is 5.41 Å². The molecule has 3 saturated carbocycles. The molecule has 2 radical (unpaired) electrons. The first kappa shape index (κ1) is 25.5. The van der Waals surface area contributed by atoms with Crippen LogP contribution >= 0.6 is 0 Å². The summed E-state index contributed by atoms with van der Waals surface area (Å²) < 4.78 is 41.3. The zero-order chi connectivity index (χ0) is 25.7. The second-order valence-corrected chi connectivity index (χ2v) is 12.6. The van der Waals surface area contributed by atoms with Crippen molar-refractivity contribution in [3.63, 3.8) is 0 Å². The number of hydrogen-bond acceptors (Lipinski definition) is 3. The molecule has 0 aromatic heterocycles. The first-order valence-electron chi connectivity index (χ1n) is 13.2. The van der Waals surface area contributed by atoms with Gasteiger partial charge in [0, 0.05) is 30.7 Å². The van der Waals surface area contributed by atoms with Gasteiger partial charge in [0.15, 0.2) is 0 Å². The van der Waals surface area contributed by atoms with E-state index >= 15 is 0 Å². The Kier molecular flexibility index (Phi) is 6.57. The van der Waals surface area contributed by atoms with Crippen molar-refractivity contribution in [3.05, 3.63) is 53.6 Å². The summed E-state index contributed by atoms with van der Waals surface area (Å²) in [6, 6.07) is 11.5. The van der Waals surface area contributed by atoms with Crippen molar-refractivity contribution in [2.75, 3.05) is 11.4 Å². The van der Waals surface area contributed by atoms with Crippen LogP contribution in [0, 0.1) is 5.41 Å². The molecule has 6 rings (SSSR count). The summed E-state index contributed by atoms with van der Waals surface area (Å²) in [6.45, 7) is 4.59. The topological polar surface area (TPSA) is 66.5 Å². The highest BCUT2D eigenvalue weighted by Crippen LogP contribution is 2.62. The molecule has 8 heteroatoms. The summed E-state index contributed by atoms with van der Waals surface area (Å²) >= 11 is 0. The molecule has 0 atom stereocenters. The van der Waals surface area contributed by atoms with Crippen molar-refractivity contribution in [1.82, 2.24) is 4.72 Å². The quantitative estimate of drug-likeness (QED) is 0.602. The molecule has 0 bridgehead atoms. The van der Waals surface area contributed by atoms with Crippen molar-refractivity contribution in [2.45, 2.75) is 87.7 Å². The number of nitrogens with one attached hydrogen (secondary N) is 1. The van der Waals surface area contributed by atoms with E-state index in [1.165, 1.54) is 37.8 Å². The highest BCUT2D eigenvalue weighted by Gasteiger charge is 2.53. The Hall–Kier alpha value is -2.19. The number of benzene rings is 2. The zero-order valence-electron chi connectivity index (χ0n) is 21.1. The smallest absolute Gasteiger partial charge is 0.258 e. The number of carbonyl (C=O) groups is 1. The molecule has 1 amide bonds. The van der Waals surface area contributed by atoms with Gasteiger partial charge in [-0.15, -0.1) is 0 Å². The number of alkyl halides is 1. The van der Waals surface area contributed by atoms with Crippen LogP contribution in [0.5, 0.6) is 0 Å². The van der Waals surface area contributed by atoms with Crippen molar-refractivity contribution >= 4 is 34.9 Å². The highest BCUT2D eigenvalue weighted by molar-refractivity contribution is 7.89. The molecule has 2 aromatic carbocycles. The zero-order valence-corrected chi connectivity index (χ0v) is 21.9. The van der Waals surface area contributed by atoms with E-state index in [9.17, 15) is 17.6 Å². The molecule has 0 unspecified atom stereocenters. The van der Waals surface area contributed by atoms with Gasteiger partial charge < -0.3 is 4.90 Å². The maximum absolute atomic E-state index is 13.7. The molecule has 2 aromatic rings. The third kappa shape index (κ3) is 4.51. The van der Waals surface area contributed by atoms with E-state index in [1.807, 2.05) is 32.0 Å². The van der Waals surface area contributed by atoms with Crippen molar-refractivity contribution < 1.29 is 19.0 Å². The molecule has 4 aliphatic rings. The van der Waals surface area contributed by atoms with Crippen LogP contribution in [-0.2, 0) is 15.4 Å². The fraction of sp³-hybridized carbons (Fsp3) is 0.536.